The van der Waals surface area contributed by atoms with E-state index in [1.54, 1.807) is 6.26 Å². The number of nitrogens with one attached hydrogen (secondary N) is 2. The molecule has 8 N–H and O–H groups in total. The highest BCUT2D eigenvalue weighted by molar-refractivity contribution is 7.98. The van der Waals surface area contributed by atoms with Crippen LogP contribution in [0.4, 0.5) is 0 Å². The van der Waals surface area contributed by atoms with Crippen molar-refractivity contribution in [3.63, 3.8) is 0 Å². The summed E-state index contributed by atoms with van der Waals surface area (Å²) in [6, 6.07) is -3.17. The van der Waals surface area contributed by atoms with E-state index in [1.807, 2.05) is 0 Å². The second kappa shape index (κ2) is 12.5. The number of rotatable bonds is 13. The minimum Gasteiger partial charge on any atom is -0.480 e. The van der Waals surface area contributed by atoms with Crippen LogP contribution in [0.3, 0.4) is 0 Å². The summed E-state index contributed by atoms with van der Waals surface area (Å²) in [4.78, 5) is 45.9. The fourth-order valence-electron chi connectivity index (χ4n) is 1.88. The van der Waals surface area contributed by atoms with Crippen LogP contribution in [0.15, 0.2) is 0 Å². The Morgan fingerprint density at radius 1 is 1.04 bits per heavy atom. The van der Waals surface area contributed by atoms with Gasteiger partial charge in [-0.3, -0.25) is 14.4 Å². The minimum atomic E-state index is -1.21. The predicted octanol–water partition coefficient (Wildman–Crippen LogP) is -1.67. The topological polar surface area (TPSA) is 185 Å². The molecule has 0 aromatic heterocycles. The van der Waals surface area contributed by atoms with Crippen molar-refractivity contribution >= 4 is 35.5 Å². The molecule has 0 aliphatic heterocycles. The molecule has 0 saturated carbocycles. The van der Waals surface area contributed by atoms with Crippen LogP contribution >= 0.6 is 11.8 Å². The van der Waals surface area contributed by atoms with Gasteiger partial charge in [0.15, 0.2) is 0 Å². The number of carboxylic acid groups (broad SMARTS) is 2. The van der Waals surface area contributed by atoms with E-state index in [4.69, 9.17) is 21.7 Å². The standard InChI is InChI=1S/C14H26N4O6S/c1-25-7-10(17-11(19)5-4-8(16)13(21)22)12(20)18-9(14(23)24)3-2-6-15/h8-10H,2-7,15-16H2,1H3,(H,17,19)(H,18,20)(H,21,22)(H,23,24). The van der Waals surface area contributed by atoms with Crippen molar-refractivity contribution in [2.45, 2.75) is 43.8 Å². The lowest BCUT2D eigenvalue weighted by molar-refractivity contribution is -0.142. The highest BCUT2D eigenvalue weighted by Gasteiger charge is 2.26. The summed E-state index contributed by atoms with van der Waals surface area (Å²) < 4.78 is 0. The first-order valence-corrected chi connectivity index (χ1v) is 9.12. The smallest absolute Gasteiger partial charge is 0.326 e. The van der Waals surface area contributed by atoms with Crippen molar-refractivity contribution < 1.29 is 29.4 Å². The van der Waals surface area contributed by atoms with Crippen molar-refractivity contribution in [2.75, 3.05) is 18.6 Å². The molecule has 0 radical (unpaired) electrons. The average molecular weight is 378 g/mol. The van der Waals surface area contributed by atoms with Gasteiger partial charge in [0.2, 0.25) is 11.8 Å². The van der Waals surface area contributed by atoms with E-state index < -0.39 is 41.9 Å². The molecule has 144 valence electrons. The molecule has 0 saturated heterocycles. The normalized spacial score (nSPS) is 14.2. The number of hydrogen-bond acceptors (Lipinski definition) is 7. The van der Waals surface area contributed by atoms with Crippen LogP contribution in [0.25, 0.3) is 0 Å². The second-order valence-corrected chi connectivity index (χ2v) is 6.30. The number of hydrogen-bond donors (Lipinski definition) is 6. The molecule has 0 bridgehead atoms. The maximum absolute atomic E-state index is 12.2. The third-order valence-corrected chi connectivity index (χ3v) is 3.96. The number of nitrogens with two attached hydrogens (primary N) is 2. The van der Waals surface area contributed by atoms with E-state index >= 15 is 0 Å². The van der Waals surface area contributed by atoms with Crippen LogP contribution in [0.2, 0.25) is 0 Å². The molecular formula is C14H26N4O6S. The van der Waals surface area contributed by atoms with Gasteiger partial charge < -0.3 is 32.3 Å². The van der Waals surface area contributed by atoms with Gasteiger partial charge in [-0.15, -0.1) is 0 Å². The zero-order valence-electron chi connectivity index (χ0n) is 14.1. The van der Waals surface area contributed by atoms with Crippen LogP contribution in [-0.2, 0) is 19.2 Å². The van der Waals surface area contributed by atoms with Crippen LogP contribution < -0.4 is 22.1 Å². The van der Waals surface area contributed by atoms with E-state index in [-0.39, 0.29) is 25.0 Å². The first kappa shape index (κ1) is 23.1. The van der Waals surface area contributed by atoms with Gasteiger partial charge >= 0.3 is 11.9 Å². The Morgan fingerprint density at radius 2 is 1.68 bits per heavy atom. The number of carbonyl (C=O) groups excluding carboxylic acids is 2. The van der Waals surface area contributed by atoms with Gasteiger partial charge in [0.05, 0.1) is 0 Å². The van der Waals surface area contributed by atoms with E-state index in [1.165, 1.54) is 11.8 Å². The van der Waals surface area contributed by atoms with Gasteiger partial charge in [-0.05, 0) is 32.1 Å². The van der Waals surface area contributed by atoms with Crippen molar-refractivity contribution in [1.82, 2.24) is 10.6 Å². The van der Waals surface area contributed by atoms with E-state index in [0.29, 0.717) is 13.0 Å². The molecule has 0 aliphatic carbocycles. The summed E-state index contributed by atoms with van der Waals surface area (Å²) in [5.74, 6) is -3.29. The Balaban J connectivity index is 4.68. The highest BCUT2D eigenvalue weighted by atomic mass is 32.2. The number of carboxylic acids is 2. The number of amides is 2. The molecule has 2 amide bonds. The maximum atomic E-state index is 12.2. The summed E-state index contributed by atoms with van der Waals surface area (Å²) in [5, 5.41) is 22.7. The van der Waals surface area contributed by atoms with Gasteiger partial charge in [-0.2, -0.15) is 11.8 Å². The van der Waals surface area contributed by atoms with Crippen LogP contribution in [0.1, 0.15) is 25.7 Å². The van der Waals surface area contributed by atoms with E-state index in [9.17, 15) is 19.2 Å². The van der Waals surface area contributed by atoms with Gasteiger partial charge in [-0.25, -0.2) is 4.79 Å². The molecule has 0 aliphatic rings. The average Bonchev–Trinajstić information content (AvgIpc) is 2.55. The van der Waals surface area contributed by atoms with Gasteiger partial charge in [0.1, 0.15) is 18.1 Å². The molecule has 10 nitrogen and oxygen atoms in total. The third-order valence-electron chi connectivity index (χ3n) is 3.30. The molecular weight excluding hydrogens is 352 g/mol. The van der Waals surface area contributed by atoms with Crippen LogP contribution in [0.5, 0.6) is 0 Å². The first-order chi connectivity index (χ1) is 11.7. The minimum absolute atomic E-state index is 0.0664. The SMILES string of the molecule is CSCC(NC(=O)CCC(N)C(=O)O)C(=O)NC(CCCN)C(=O)O. The number of carbonyl (C=O) groups is 4. The molecule has 0 aromatic rings. The summed E-state index contributed by atoms with van der Waals surface area (Å²) in [7, 11) is 0. The lowest BCUT2D eigenvalue weighted by Crippen LogP contribution is -2.52. The molecule has 25 heavy (non-hydrogen) atoms. The Labute approximate surface area is 150 Å². The van der Waals surface area contributed by atoms with Crippen LogP contribution in [-0.4, -0.2) is 70.6 Å². The number of aliphatic carboxylic acids is 2. The Kier molecular flexibility index (Phi) is 11.6. The fraction of sp³-hybridized carbons (Fsp3) is 0.714. The van der Waals surface area contributed by atoms with Gasteiger partial charge in [0.25, 0.3) is 0 Å². The summed E-state index contributed by atoms with van der Waals surface area (Å²) in [5.41, 5.74) is 10.7. The largest absolute Gasteiger partial charge is 0.480 e. The fourth-order valence-corrected chi connectivity index (χ4v) is 2.45. The highest BCUT2D eigenvalue weighted by Crippen LogP contribution is 2.03. The third kappa shape index (κ3) is 9.89. The number of thioether (sulfide) groups is 1. The molecule has 3 unspecified atom stereocenters. The van der Waals surface area contributed by atoms with Crippen molar-refractivity contribution in [1.29, 1.82) is 0 Å². The quantitative estimate of drug-likeness (QED) is 0.218. The van der Waals surface area contributed by atoms with E-state index in [0.717, 1.165) is 0 Å². The maximum Gasteiger partial charge on any atom is 0.326 e. The van der Waals surface area contributed by atoms with Gasteiger partial charge in [-0.1, -0.05) is 0 Å². The zero-order valence-corrected chi connectivity index (χ0v) is 14.9. The Morgan fingerprint density at radius 3 is 2.16 bits per heavy atom. The van der Waals surface area contributed by atoms with Crippen LogP contribution in [0, 0.1) is 0 Å². The molecule has 0 rings (SSSR count). The molecule has 0 spiro atoms. The Hall–Kier alpha value is -1.85. The first-order valence-electron chi connectivity index (χ1n) is 7.72. The molecule has 0 fully saturated rings. The summed E-state index contributed by atoms with van der Waals surface area (Å²) in [6.45, 7) is 0.300. The molecule has 0 heterocycles. The lowest BCUT2D eigenvalue weighted by atomic mass is 10.1. The van der Waals surface area contributed by atoms with E-state index in [2.05, 4.69) is 10.6 Å². The molecule has 3 atom stereocenters. The van der Waals surface area contributed by atoms with Gasteiger partial charge in [0, 0.05) is 12.2 Å². The van der Waals surface area contributed by atoms with Crippen molar-refractivity contribution in [2.24, 2.45) is 11.5 Å². The second-order valence-electron chi connectivity index (χ2n) is 5.39. The zero-order chi connectivity index (χ0) is 19.4. The van der Waals surface area contributed by atoms with Crippen molar-refractivity contribution in [3.05, 3.63) is 0 Å². The predicted molar refractivity (Wildman–Crippen MR) is 93.0 cm³/mol. The summed E-state index contributed by atoms with van der Waals surface area (Å²) in [6.07, 6.45) is 2.13. The molecule has 0 aromatic carbocycles. The van der Waals surface area contributed by atoms with Crippen molar-refractivity contribution in [3.8, 4) is 0 Å². The lowest BCUT2D eigenvalue weighted by Gasteiger charge is -2.21. The molecule has 11 heteroatoms. The monoisotopic (exact) mass is 378 g/mol. The summed E-state index contributed by atoms with van der Waals surface area (Å²) >= 11 is 1.30. The Bertz CT molecular complexity index is 476.